The number of rotatable bonds is 7. The summed E-state index contributed by atoms with van der Waals surface area (Å²) in [5, 5.41) is 0.132. The molecule has 1 N–H and O–H groups in total. The molecule has 0 saturated heterocycles. The third kappa shape index (κ3) is 5.14. The number of anilines is 1. The van der Waals surface area contributed by atoms with Gasteiger partial charge in [0.25, 0.3) is 10.0 Å². The second-order valence-corrected chi connectivity index (χ2v) is 8.75. The van der Waals surface area contributed by atoms with Gasteiger partial charge in [0.15, 0.2) is 11.6 Å². The van der Waals surface area contributed by atoms with Crippen LogP contribution < -0.4 is 9.46 Å². The Kier molecular flexibility index (Phi) is 6.38. The van der Waals surface area contributed by atoms with E-state index in [1.807, 2.05) is 13.8 Å². The van der Waals surface area contributed by atoms with Crippen molar-refractivity contribution in [3.05, 3.63) is 82.8 Å². The molecule has 6 nitrogen and oxygen atoms in total. The molecule has 0 fully saturated rings. The summed E-state index contributed by atoms with van der Waals surface area (Å²) < 4.78 is 46.9. The summed E-state index contributed by atoms with van der Waals surface area (Å²) in [5.41, 5.74) is -0.0638. The van der Waals surface area contributed by atoms with Gasteiger partial charge in [-0.3, -0.25) is 9.52 Å². The van der Waals surface area contributed by atoms with E-state index in [-0.39, 0.29) is 33.0 Å². The summed E-state index contributed by atoms with van der Waals surface area (Å²) in [6.07, 6.45) is 1.15. The smallest absolute Gasteiger partial charge is 0.263 e. The lowest BCUT2D eigenvalue weighted by Crippen LogP contribution is -2.17. The fourth-order valence-corrected chi connectivity index (χ4v) is 3.82. The van der Waals surface area contributed by atoms with Crippen molar-refractivity contribution in [1.29, 1.82) is 0 Å². The van der Waals surface area contributed by atoms with E-state index in [2.05, 4.69) is 9.71 Å². The van der Waals surface area contributed by atoms with Gasteiger partial charge in [-0.05, 0) is 56.3 Å². The van der Waals surface area contributed by atoms with Gasteiger partial charge >= 0.3 is 0 Å². The van der Waals surface area contributed by atoms with Crippen LogP contribution in [0.15, 0.2) is 65.7 Å². The van der Waals surface area contributed by atoms with Gasteiger partial charge in [-0.2, -0.15) is 0 Å². The predicted octanol–water partition coefficient (Wildman–Crippen LogP) is 4.69. The zero-order valence-electron chi connectivity index (χ0n) is 16.1. The van der Waals surface area contributed by atoms with Crippen LogP contribution in [0.4, 0.5) is 10.2 Å². The van der Waals surface area contributed by atoms with Crippen LogP contribution in [0.2, 0.25) is 5.02 Å². The molecule has 3 rings (SSSR count). The first-order valence-corrected chi connectivity index (χ1v) is 10.8. The van der Waals surface area contributed by atoms with Crippen LogP contribution in [0.5, 0.6) is 5.75 Å². The number of hydrogen-bond donors (Lipinski definition) is 1. The normalized spacial score (nSPS) is 11.4. The van der Waals surface area contributed by atoms with Gasteiger partial charge in [-0.1, -0.05) is 23.7 Å². The molecule has 2 aromatic carbocycles. The van der Waals surface area contributed by atoms with E-state index in [1.54, 1.807) is 0 Å². The summed E-state index contributed by atoms with van der Waals surface area (Å²) in [4.78, 5) is 16.7. The third-order valence-electron chi connectivity index (χ3n) is 3.92. The molecule has 0 aliphatic carbocycles. The molecule has 0 aliphatic rings. The van der Waals surface area contributed by atoms with Crippen LogP contribution in [-0.4, -0.2) is 25.3 Å². The number of hydrogen-bond acceptors (Lipinski definition) is 5. The molecule has 0 saturated carbocycles. The molecule has 0 amide bonds. The fourth-order valence-electron chi connectivity index (χ4n) is 2.63. The number of pyridine rings is 1. The Morgan fingerprint density at radius 1 is 1.13 bits per heavy atom. The topological polar surface area (TPSA) is 85.4 Å². The highest BCUT2D eigenvalue weighted by molar-refractivity contribution is 7.92. The van der Waals surface area contributed by atoms with Gasteiger partial charge in [-0.25, -0.2) is 17.8 Å². The Bertz CT molecular complexity index is 1180. The zero-order valence-corrected chi connectivity index (χ0v) is 17.7. The molecule has 0 radical (unpaired) electrons. The number of ketones is 1. The summed E-state index contributed by atoms with van der Waals surface area (Å²) in [6.45, 7) is 3.71. The number of benzene rings is 2. The maximum absolute atomic E-state index is 13.5. The molecule has 1 aromatic heterocycles. The predicted molar refractivity (Wildman–Crippen MR) is 112 cm³/mol. The van der Waals surface area contributed by atoms with Crippen LogP contribution in [0.1, 0.15) is 29.8 Å². The lowest BCUT2D eigenvalue weighted by Gasteiger charge is -2.13. The highest BCUT2D eigenvalue weighted by atomic mass is 35.5. The molecule has 0 aliphatic heterocycles. The summed E-state index contributed by atoms with van der Waals surface area (Å²) in [7, 11) is -4.06. The summed E-state index contributed by atoms with van der Waals surface area (Å²) in [6, 6.07) is 12.1. The highest BCUT2D eigenvalue weighted by Gasteiger charge is 2.22. The highest BCUT2D eigenvalue weighted by Crippen LogP contribution is 2.25. The van der Waals surface area contributed by atoms with Crippen LogP contribution in [0.3, 0.4) is 0 Å². The fraction of sp³-hybridized carbons (Fsp3) is 0.143. The number of carbonyl (C=O) groups excluding carboxylic acids is 1. The largest absolute Gasteiger partial charge is 0.491 e. The van der Waals surface area contributed by atoms with Crippen LogP contribution in [0, 0.1) is 5.82 Å². The molecule has 0 unspecified atom stereocenters. The van der Waals surface area contributed by atoms with Crippen molar-refractivity contribution in [2.75, 3.05) is 4.72 Å². The Morgan fingerprint density at radius 3 is 2.47 bits per heavy atom. The molecular weight excluding hydrogens is 431 g/mol. The maximum Gasteiger partial charge on any atom is 0.263 e. The van der Waals surface area contributed by atoms with E-state index in [0.29, 0.717) is 5.75 Å². The summed E-state index contributed by atoms with van der Waals surface area (Å²) >= 11 is 5.95. The Balaban J connectivity index is 1.93. The van der Waals surface area contributed by atoms with E-state index < -0.39 is 21.6 Å². The second-order valence-electron chi connectivity index (χ2n) is 6.63. The van der Waals surface area contributed by atoms with Crippen molar-refractivity contribution in [2.24, 2.45) is 0 Å². The minimum atomic E-state index is -4.06. The number of aromatic nitrogens is 1. The minimum Gasteiger partial charge on any atom is -0.491 e. The zero-order chi connectivity index (χ0) is 21.9. The monoisotopic (exact) mass is 448 g/mol. The second kappa shape index (κ2) is 8.81. The van der Waals surface area contributed by atoms with Crippen LogP contribution in [-0.2, 0) is 10.0 Å². The molecule has 0 atom stereocenters. The first-order chi connectivity index (χ1) is 14.2. The average Bonchev–Trinajstić information content (AvgIpc) is 2.68. The molecule has 30 heavy (non-hydrogen) atoms. The van der Waals surface area contributed by atoms with Gasteiger partial charge in [0.2, 0.25) is 0 Å². The number of nitrogens with one attached hydrogen (secondary N) is 1. The van der Waals surface area contributed by atoms with Crippen molar-refractivity contribution in [3.63, 3.8) is 0 Å². The number of halogens is 2. The van der Waals surface area contributed by atoms with Crippen molar-refractivity contribution in [1.82, 2.24) is 4.98 Å². The van der Waals surface area contributed by atoms with E-state index in [9.17, 15) is 17.6 Å². The number of sulfonamides is 1. The minimum absolute atomic E-state index is 0.0368. The molecule has 0 spiro atoms. The van der Waals surface area contributed by atoms with Gasteiger partial charge in [0, 0.05) is 11.8 Å². The number of carbonyl (C=O) groups is 1. The van der Waals surface area contributed by atoms with Gasteiger partial charge < -0.3 is 4.74 Å². The first-order valence-electron chi connectivity index (χ1n) is 8.91. The van der Waals surface area contributed by atoms with E-state index in [0.717, 1.165) is 6.07 Å². The Labute approximate surface area is 178 Å². The molecule has 1 heterocycles. The van der Waals surface area contributed by atoms with Gasteiger partial charge in [-0.15, -0.1) is 0 Å². The van der Waals surface area contributed by atoms with E-state index in [4.69, 9.17) is 16.3 Å². The summed E-state index contributed by atoms with van der Waals surface area (Å²) in [5.74, 6) is -0.906. The number of ether oxygens (including phenoxy) is 1. The third-order valence-corrected chi connectivity index (χ3v) is 5.48. The quantitative estimate of drug-likeness (QED) is 0.530. The average molecular weight is 449 g/mol. The van der Waals surface area contributed by atoms with Crippen molar-refractivity contribution < 1.29 is 22.3 Å². The lowest BCUT2D eigenvalue weighted by molar-refractivity contribution is 0.103. The Hall–Kier alpha value is -2.97. The van der Waals surface area contributed by atoms with E-state index >= 15 is 0 Å². The maximum atomic E-state index is 13.5. The van der Waals surface area contributed by atoms with E-state index in [1.165, 1.54) is 54.7 Å². The molecule has 3 aromatic rings. The molecule has 9 heteroatoms. The van der Waals surface area contributed by atoms with Gasteiger partial charge in [0.1, 0.15) is 11.6 Å². The molecular formula is C21H18ClFN2O4S. The van der Waals surface area contributed by atoms with Crippen molar-refractivity contribution in [3.8, 4) is 5.75 Å². The number of nitrogens with zero attached hydrogens (tertiary/aromatic N) is 1. The van der Waals surface area contributed by atoms with Gasteiger partial charge in [0.05, 0.1) is 21.6 Å². The molecule has 0 bridgehead atoms. The first kappa shape index (κ1) is 21.7. The Morgan fingerprint density at radius 2 is 1.83 bits per heavy atom. The lowest BCUT2D eigenvalue weighted by atomic mass is 10.0. The molecule has 156 valence electrons. The standard InChI is InChI=1S/C21H18ClFN2O4S/c1-13(2)29-17-6-8-18(9-7-17)30(27,28)25-21-19(11-15(22)12-24-21)20(26)14-4-3-5-16(23)10-14/h3-13H,1-2H3,(H,24,25). The van der Waals surface area contributed by atoms with Crippen molar-refractivity contribution in [2.45, 2.75) is 24.8 Å². The van der Waals surface area contributed by atoms with Crippen LogP contribution >= 0.6 is 11.6 Å². The van der Waals surface area contributed by atoms with Crippen molar-refractivity contribution >= 4 is 33.2 Å². The van der Waals surface area contributed by atoms with Crippen LogP contribution in [0.25, 0.3) is 0 Å². The SMILES string of the molecule is CC(C)Oc1ccc(S(=O)(=O)Nc2ncc(Cl)cc2C(=O)c2cccc(F)c2)cc1.